The van der Waals surface area contributed by atoms with E-state index in [0.29, 0.717) is 12.5 Å². The van der Waals surface area contributed by atoms with E-state index in [-0.39, 0.29) is 24.0 Å². The molecule has 0 radical (unpaired) electrons. The molecular formula is C13H22IN3O2. The number of nitrogens with two attached hydrogens (primary N) is 1. The van der Waals surface area contributed by atoms with Gasteiger partial charge in [0.15, 0.2) is 17.5 Å². The fraction of sp³-hybridized carbons (Fsp3) is 0.462. The molecule has 0 fully saturated rings. The number of guanidine groups is 1. The molecule has 0 aliphatic rings. The first-order valence-electron chi connectivity index (χ1n) is 5.96. The molecule has 1 rings (SSSR count). The highest BCUT2D eigenvalue weighted by Gasteiger charge is 2.04. The van der Waals surface area contributed by atoms with Gasteiger partial charge < -0.3 is 20.5 Å². The zero-order valence-corrected chi connectivity index (χ0v) is 13.9. The fourth-order valence-electron chi connectivity index (χ4n) is 1.58. The predicted molar refractivity (Wildman–Crippen MR) is 88.8 cm³/mol. The van der Waals surface area contributed by atoms with Crippen molar-refractivity contribution in [3.63, 3.8) is 0 Å². The van der Waals surface area contributed by atoms with E-state index < -0.39 is 0 Å². The molecule has 3 N–H and O–H groups in total. The van der Waals surface area contributed by atoms with Crippen LogP contribution in [-0.4, -0.2) is 33.3 Å². The maximum absolute atomic E-state index is 5.64. The van der Waals surface area contributed by atoms with Crippen molar-refractivity contribution in [3.8, 4) is 11.5 Å². The van der Waals surface area contributed by atoms with Crippen molar-refractivity contribution >= 4 is 29.9 Å². The summed E-state index contributed by atoms with van der Waals surface area (Å²) in [6.07, 6.45) is 0.812. The predicted octanol–water partition coefficient (Wildman–Crippen LogP) is 1.79. The second-order valence-electron chi connectivity index (χ2n) is 3.74. The number of rotatable bonds is 6. The molecule has 1 aromatic rings. The number of nitrogens with zero attached hydrogens (tertiary/aromatic N) is 1. The second kappa shape index (κ2) is 9.71. The molecule has 0 heterocycles. The molecule has 5 nitrogen and oxygen atoms in total. The van der Waals surface area contributed by atoms with Gasteiger partial charge in [0.1, 0.15) is 0 Å². The Morgan fingerprint density at radius 2 is 1.95 bits per heavy atom. The van der Waals surface area contributed by atoms with Crippen LogP contribution in [0.3, 0.4) is 0 Å². The first kappa shape index (κ1) is 17.8. The van der Waals surface area contributed by atoms with Crippen LogP contribution in [0.15, 0.2) is 23.2 Å². The quantitative estimate of drug-likeness (QED) is 0.449. The topological polar surface area (TPSA) is 68.9 Å². The lowest BCUT2D eigenvalue weighted by Crippen LogP contribution is -2.31. The molecule has 0 atom stereocenters. The van der Waals surface area contributed by atoms with E-state index in [1.165, 1.54) is 0 Å². The number of hydrogen-bond donors (Lipinski definition) is 2. The van der Waals surface area contributed by atoms with Crippen LogP contribution in [0.4, 0.5) is 0 Å². The van der Waals surface area contributed by atoms with Crippen LogP contribution in [0.1, 0.15) is 12.5 Å². The summed E-state index contributed by atoms with van der Waals surface area (Å²) in [6.45, 7) is 3.41. The Hall–Kier alpha value is -1.18. The molecule has 0 amide bonds. The molecule has 0 saturated carbocycles. The second-order valence-corrected chi connectivity index (χ2v) is 3.74. The average molecular weight is 379 g/mol. The summed E-state index contributed by atoms with van der Waals surface area (Å²) in [5.74, 6) is 1.95. The molecule has 0 aliphatic carbocycles. The Bertz CT molecular complexity index is 411. The normalized spacial score (nSPS) is 10.6. The molecule has 0 saturated heterocycles. The van der Waals surface area contributed by atoms with Crippen molar-refractivity contribution in [1.29, 1.82) is 0 Å². The van der Waals surface area contributed by atoms with E-state index in [0.717, 1.165) is 30.0 Å². The van der Waals surface area contributed by atoms with Gasteiger partial charge in [0, 0.05) is 13.1 Å². The van der Waals surface area contributed by atoms with Crippen molar-refractivity contribution < 1.29 is 9.47 Å². The average Bonchev–Trinajstić information content (AvgIpc) is 2.38. The third-order valence-corrected chi connectivity index (χ3v) is 2.49. The molecule has 0 bridgehead atoms. The minimum absolute atomic E-state index is 0. The minimum atomic E-state index is 0. The van der Waals surface area contributed by atoms with Crippen LogP contribution >= 0.6 is 24.0 Å². The minimum Gasteiger partial charge on any atom is -0.493 e. The summed E-state index contributed by atoms with van der Waals surface area (Å²) in [7, 11) is 3.25. The van der Waals surface area contributed by atoms with Gasteiger partial charge in [0.05, 0.1) is 14.2 Å². The Morgan fingerprint density at radius 1 is 1.26 bits per heavy atom. The zero-order valence-electron chi connectivity index (χ0n) is 11.6. The molecule has 19 heavy (non-hydrogen) atoms. The summed E-state index contributed by atoms with van der Waals surface area (Å²) in [5.41, 5.74) is 6.78. The number of methoxy groups -OCH3 is 2. The molecule has 0 aromatic heterocycles. The highest BCUT2D eigenvalue weighted by atomic mass is 127. The summed E-state index contributed by atoms with van der Waals surface area (Å²) in [6, 6.07) is 5.85. The van der Waals surface area contributed by atoms with Crippen molar-refractivity contribution in [2.75, 3.05) is 27.3 Å². The van der Waals surface area contributed by atoms with Crippen molar-refractivity contribution in [2.45, 2.75) is 13.3 Å². The van der Waals surface area contributed by atoms with Crippen LogP contribution in [0.5, 0.6) is 11.5 Å². The SMILES string of the molecule is CCNC(N)=NCCc1ccc(OC)c(OC)c1.I. The van der Waals surface area contributed by atoms with Crippen molar-refractivity contribution in [1.82, 2.24) is 5.32 Å². The maximum Gasteiger partial charge on any atom is 0.188 e. The highest BCUT2D eigenvalue weighted by molar-refractivity contribution is 14.0. The van der Waals surface area contributed by atoms with Gasteiger partial charge in [-0.2, -0.15) is 0 Å². The summed E-state index contributed by atoms with van der Waals surface area (Å²) < 4.78 is 10.4. The van der Waals surface area contributed by atoms with E-state index in [4.69, 9.17) is 15.2 Å². The Kier molecular flexibility index (Phi) is 9.11. The number of aliphatic imine (C=N–C) groups is 1. The van der Waals surface area contributed by atoms with E-state index in [1.54, 1.807) is 14.2 Å². The van der Waals surface area contributed by atoms with Gasteiger partial charge in [0.25, 0.3) is 0 Å². The van der Waals surface area contributed by atoms with E-state index >= 15 is 0 Å². The lowest BCUT2D eigenvalue weighted by molar-refractivity contribution is 0.354. The van der Waals surface area contributed by atoms with E-state index in [1.807, 2.05) is 25.1 Å². The van der Waals surface area contributed by atoms with Crippen LogP contribution in [0.25, 0.3) is 0 Å². The Labute approximate surface area is 131 Å². The fourth-order valence-corrected chi connectivity index (χ4v) is 1.58. The maximum atomic E-state index is 5.64. The summed E-state index contributed by atoms with van der Waals surface area (Å²) in [4.78, 5) is 4.22. The van der Waals surface area contributed by atoms with Gasteiger partial charge in [-0.05, 0) is 31.0 Å². The van der Waals surface area contributed by atoms with Crippen LogP contribution in [0, 0.1) is 0 Å². The molecule has 6 heteroatoms. The number of nitrogens with one attached hydrogen (secondary N) is 1. The standard InChI is InChI=1S/C13H21N3O2.HI/c1-4-15-13(14)16-8-7-10-5-6-11(17-2)12(9-10)18-3;/h5-6,9H,4,7-8H2,1-3H3,(H3,14,15,16);1H. The molecule has 0 aliphatic heterocycles. The van der Waals surface area contributed by atoms with Gasteiger partial charge in [0.2, 0.25) is 0 Å². The molecule has 0 unspecified atom stereocenters. The number of hydrogen-bond acceptors (Lipinski definition) is 3. The number of ether oxygens (including phenoxy) is 2. The monoisotopic (exact) mass is 379 g/mol. The van der Waals surface area contributed by atoms with E-state index in [2.05, 4.69) is 10.3 Å². The number of benzene rings is 1. The number of halogens is 1. The van der Waals surface area contributed by atoms with Gasteiger partial charge in [-0.1, -0.05) is 6.07 Å². The van der Waals surface area contributed by atoms with Crippen LogP contribution in [0.2, 0.25) is 0 Å². The van der Waals surface area contributed by atoms with Crippen LogP contribution < -0.4 is 20.5 Å². The van der Waals surface area contributed by atoms with E-state index in [9.17, 15) is 0 Å². The first-order valence-corrected chi connectivity index (χ1v) is 5.96. The van der Waals surface area contributed by atoms with Gasteiger partial charge in [-0.25, -0.2) is 0 Å². The third kappa shape index (κ3) is 6.00. The molecule has 0 spiro atoms. The smallest absolute Gasteiger partial charge is 0.188 e. The Balaban J connectivity index is 0.00000324. The van der Waals surface area contributed by atoms with Crippen LogP contribution in [-0.2, 0) is 6.42 Å². The highest BCUT2D eigenvalue weighted by Crippen LogP contribution is 2.27. The van der Waals surface area contributed by atoms with Gasteiger partial charge >= 0.3 is 0 Å². The molecule has 108 valence electrons. The lowest BCUT2D eigenvalue weighted by atomic mass is 10.1. The van der Waals surface area contributed by atoms with Crippen molar-refractivity contribution in [2.24, 2.45) is 10.7 Å². The van der Waals surface area contributed by atoms with Crippen molar-refractivity contribution in [3.05, 3.63) is 23.8 Å². The summed E-state index contributed by atoms with van der Waals surface area (Å²) in [5, 5.41) is 2.96. The summed E-state index contributed by atoms with van der Waals surface area (Å²) >= 11 is 0. The molecule has 1 aromatic carbocycles. The Morgan fingerprint density at radius 3 is 2.53 bits per heavy atom. The first-order chi connectivity index (χ1) is 8.71. The largest absolute Gasteiger partial charge is 0.493 e. The van der Waals surface area contributed by atoms with Gasteiger partial charge in [-0.3, -0.25) is 4.99 Å². The molecular weight excluding hydrogens is 357 g/mol. The zero-order chi connectivity index (χ0) is 13.4. The third-order valence-electron chi connectivity index (χ3n) is 2.49. The van der Waals surface area contributed by atoms with Gasteiger partial charge in [-0.15, -0.1) is 24.0 Å². The lowest BCUT2D eigenvalue weighted by Gasteiger charge is -2.09.